The molecule has 3 heteroatoms. The quantitative estimate of drug-likeness (QED) is 0.580. The average molecular weight is 327 g/mol. The topological polar surface area (TPSA) is 29.5 Å². The van der Waals surface area contributed by atoms with Crippen LogP contribution in [0.5, 0.6) is 0 Å². The predicted octanol–water partition coefficient (Wildman–Crippen LogP) is 4.15. The van der Waals surface area contributed by atoms with Gasteiger partial charge in [-0.25, -0.2) is 0 Å². The van der Waals surface area contributed by atoms with E-state index in [2.05, 4.69) is 36.1 Å². The van der Waals surface area contributed by atoms with E-state index in [9.17, 15) is 4.79 Å². The highest BCUT2D eigenvalue weighted by molar-refractivity contribution is 5.79. The van der Waals surface area contributed by atoms with Crippen molar-refractivity contribution in [1.29, 1.82) is 0 Å². The molecule has 24 heavy (non-hydrogen) atoms. The summed E-state index contributed by atoms with van der Waals surface area (Å²) in [7, 11) is 0. The number of carbonyl (C=O) groups excluding carboxylic acids is 1. The number of rotatable bonds is 6. The minimum atomic E-state index is -0.168. The van der Waals surface area contributed by atoms with Crippen molar-refractivity contribution >= 4 is 5.97 Å². The molecule has 0 aromatic heterocycles. The molecule has 0 N–H and O–H groups in total. The van der Waals surface area contributed by atoms with Gasteiger partial charge in [0, 0.05) is 12.6 Å². The normalized spacial score (nSPS) is 25.5. The van der Waals surface area contributed by atoms with Crippen LogP contribution >= 0.6 is 0 Å². The number of ether oxygens (including phenoxy) is 1. The Morgan fingerprint density at radius 1 is 1.25 bits per heavy atom. The largest absolute Gasteiger partial charge is 0.464 e. The van der Waals surface area contributed by atoms with E-state index >= 15 is 0 Å². The van der Waals surface area contributed by atoms with Crippen LogP contribution in [0.15, 0.2) is 42.5 Å². The third-order valence-electron chi connectivity index (χ3n) is 5.45. The maximum Gasteiger partial charge on any atom is 0.314 e. The second kappa shape index (κ2) is 8.48. The smallest absolute Gasteiger partial charge is 0.314 e. The number of esters is 1. The second-order valence-electron chi connectivity index (χ2n) is 7.11. The van der Waals surface area contributed by atoms with Crippen LogP contribution in [-0.4, -0.2) is 36.6 Å². The Morgan fingerprint density at radius 3 is 2.75 bits per heavy atom. The Balaban J connectivity index is 1.62. The van der Waals surface area contributed by atoms with Gasteiger partial charge in [0.2, 0.25) is 0 Å². The molecule has 3 nitrogen and oxygen atoms in total. The summed E-state index contributed by atoms with van der Waals surface area (Å²) in [6.45, 7) is 4.75. The highest BCUT2D eigenvalue weighted by atomic mass is 16.5. The minimum Gasteiger partial charge on any atom is -0.464 e. The average Bonchev–Trinajstić information content (AvgIpc) is 3.02. The first-order chi connectivity index (χ1) is 11.8. The lowest BCUT2D eigenvalue weighted by Crippen LogP contribution is -2.32. The molecule has 0 bridgehead atoms. The summed E-state index contributed by atoms with van der Waals surface area (Å²) in [5.74, 6) is 0.0303. The van der Waals surface area contributed by atoms with Gasteiger partial charge in [-0.15, -0.1) is 0 Å². The Kier molecular flexibility index (Phi) is 6.08. The van der Waals surface area contributed by atoms with Gasteiger partial charge in [-0.05, 0) is 57.1 Å². The summed E-state index contributed by atoms with van der Waals surface area (Å²) in [6.07, 6.45) is 10.3. The predicted molar refractivity (Wildman–Crippen MR) is 96.9 cm³/mol. The number of hydrogen-bond acceptors (Lipinski definition) is 3. The van der Waals surface area contributed by atoms with Crippen molar-refractivity contribution in [3.63, 3.8) is 0 Å². The van der Waals surface area contributed by atoms with E-state index < -0.39 is 0 Å². The summed E-state index contributed by atoms with van der Waals surface area (Å²) in [4.78, 5) is 15.2. The van der Waals surface area contributed by atoms with Gasteiger partial charge in [-0.2, -0.15) is 0 Å². The third kappa shape index (κ3) is 4.27. The lowest BCUT2D eigenvalue weighted by Gasteiger charge is -2.26. The molecule has 1 aromatic rings. The van der Waals surface area contributed by atoms with Crippen LogP contribution in [0.1, 0.15) is 50.5 Å². The minimum absolute atomic E-state index is 0.0652. The van der Waals surface area contributed by atoms with Gasteiger partial charge in [0.1, 0.15) is 6.61 Å². The number of nitrogens with zero attached hydrogens (tertiary/aromatic N) is 1. The molecule has 3 atom stereocenters. The van der Waals surface area contributed by atoms with E-state index in [1.165, 1.54) is 12.8 Å². The monoisotopic (exact) mass is 327 g/mol. The highest BCUT2D eigenvalue weighted by Gasteiger charge is 2.30. The zero-order chi connectivity index (χ0) is 16.8. The van der Waals surface area contributed by atoms with E-state index in [-0.39, 0.29) is 17.8 Å². The zero-order valence-electron chi connectivity index (χ0n) is 14.7. The molecule has 3 unspecified atom stereocenters. The zero-order valence-corrected chi connectivity index (χ0v) is 14.7. The van der Waals surface area contributed by atoms with E-state index in [1.54, 1.807) is 0 Å². The van der Waals surface area contributed by atoms with E-state index in [0.29, 0.717) is 12.6 Å². The molecule has 1 heterocycles. The van der Waals surface area contributed by atoms with Crippen molar-refractivity contribution in [2.45, 2.75) is 51.0 Å². The van der Waals surface area contributed by atoms with Gasteiger partial charge in [0.15, 0.2) is 0 Å². The first-order valence-corrected chi connectivity index (χ1v) is 9.38. The van der Waals surface area contributed by atoms with Gasteiger partial charge in [-0.3, -0.25) is 9.69 Å². The molecule has 1 aliphatic heterocycles. The molecule has 0 radical (unpaired) electrons. The molecule has 1 saturated heterocycles. The van der Waals surface area contributed by atoms with Crippen LogP contribution in [0, 0.1) is 5.92 Å². The summed E-state index contributed by atoms with van der Waals surface area (Å²) in [5, 5.41) is 0. The Hall–Kier alpha value is -1.61. The summed E-state index contributed by atoms with van der Waals surface area (Å²) in [6, 6.07) is 10.7. The molecule has 1 fully saturated rings. The molecule has 3 rings (SSSR count). The summed E-state index contributed by atoms with van der Waals surface area (Å²) >= 11 is 0. The molecular weight excluding hydrogens is 298 g/mol. The molecule has 0 amide bonds. The van der Waals surface area contributed by atoms with Gasteiger partial charge in [-0.1, -0.05) is 42.5 Å². The lowest BCUT2D eigenvalue weighted by molar-refractivity contribution is -0.147. The fourth-order valence-electron chi connectivity index (χ4n) is 4.01. The first-order valence-electron chi connectivity index (χ1n) is 9.38. The summed E-state index contributed by atoms with van der Waals surface area (Å²) < 4.78 is 5.71. The van der Waals surface area contributed by atoms with Crippen LogP contribution in [-0.2, 0) is 9.53 Å². The molecule has 1 aromatic carbocycles. The van der Waals surface area contributed by atoms with Gasteiger partial charge in [0.05, 0.1) is 5.92 Å². The van der Waals surface area contributed by atoms with Crippen molar-refractivity contribution < 1.29 is 9.53 Å². The van der Waals surface area contributed by atoms with Gasteiger partial charge in [0.25, 0.3) is 0 Å². The summed E-state index contributed by atoms with van der Waals surface area (Å²) in [5.41, 5.74) is 1.08. The third-order valence-corrected chi connectivity index (χ3v) is 5.45. The van der Waals surface area contributed by atoms with Crippen molar-refractivity contribution in [2.75, 3.05) is 19.7 Å². The Labute approximate surface area is 145 Å². The standard InChI is InChI=1S/C21H29NO2/c1-17-9-8-14-22(17)15-16-24-21(23)20(18-10-4-2-5-11-18)19-12-6-3-7-13-19/h2,4-6,10-12,17,19-20H,3,7-9,13-16H2,1H3. The number of carbonyl (C=O) groups is 1. The molecule has 0 saturated carbocycles. The molecule has 2 aliphatic rings. The van der Waals surface area contributed by atoms with E-state index in [4.69, 9.17) is 4.74 Å². The van der Waals surface area contributed by atoms with Crippen molar-refractivity contribution in [3.05, 3.63) is 48.0 Å². The van der Waals surface area contributed by atoms with Crippen LogP contribution in [0.4, 0.5) is 0 Å². The first kappa shape index (κ1) is 17.2. The van der Waals surface area contributed by atoms with Crippen LogP contribution in [0.2, 0.25) is 0 Å². The van der Waals surface area contributed by atoms with Crippen LogP contribution in [0.25, 0.3) is 0 Å². The second-order valence-corrected chi connectivity index (χ2v) is 7.11. The number of allylic oxidation sites excluding steroid dienone is 2. The fraction of sp³-hybridized carbons (Fsp3) is 0.571. The van der Waals surface area contributed by atoms with E-state index in [1.807, 2.05) is 18.2 Å². The molecule has 130 valence electrons. The molecular formula is C21H29NO2. The van der Waals surface area contributed by atoms with Crippen molar-refractivity contribution in [1.82, 2.24) is 4.90 Å². The number of benzene rings is 1. The Morgan fingerprint density at radius 2 is 2.08 bits per heavy atom. The lowest BCUT2D eigenvalue weighted by atomic mass is 9.80. The maximum atomic E-state index is 12.8. The van der Waals surface area contributed by atoms with E-state index in [0.717, 1.165) is 37.9 Å². The van der Waals surface area contributed by atoms with Gasteiger partial charge < -0.3 is 4.74 Å². The fourth-order valence-corrected chi connectivity index (χ4v) is 4.01. The van der Waals surface area contributed by atoms with Crippen molar-refractivity contribution in [3.8, 4) is 0 Å². The molecule has 1 aliphatic carbocycles. The van der Waals surface area contributed by atoms with Crippen molar-refractivity contribution in [2.24, 2.45) is 5.92 Å². The Bertz CT molecular complexity index is 554. The maximum absolute atomic E-state index is 12.8. The number of likely N-dealkylation sites (tertiary alicyclic amines) is 1. The van der Waals surface area contributed by atoms with Gasteiger partial charge >= 0.3 is 5.97 Å². The van der Waals surface area contributed by atoms with Crippen LogP contribution in [0.3, 0.4) is 0 Å². The van der Waals surface area contributed by atoms with Crippen LogP contribution < -0.4 is 0 Å². The molecule has 0 spiro atoms. The highest BCUT2D eigenvalue weighted by Crippen LogP contribution is 2.33. The number of hydrogen-bond donors (Lipinski definition) is 0. The SMILES string of the molecule is CC1CCCN1CCOC(=O)C(c1ccccc1)C1C=CCCC1.